The monoisotopic (exact) mass is 328 g/mol. The molecule has 0 bridgehead atoms. The van der Waals surface area contributed by atoms with E-state index in [1.165, 1.54) is 12.1 Å². The van der Waals surface area contributed by atoms with Crippen LogP contribution in [0.2, 0.25) is 0 Å². The van der Waals surface area contributed by atoms with Crippen LogP contribution in [-0.4, -0.2) is 9.78 Å². The van der Waals surface area contributed by atoms with E-state index < -0.39 is 0 Å². The minimum Gasteiger partial charge on any atom is -0.237 e. The maximum absolute atomic E-state index is 13.2. The molecule has 0 radical (unpaired) electrons. The molecule has 3 aromatic rings. The van der Waals surface area contributed by atoms with E-state index in [1.54, 1.807) is 12.1 Å². The third-order valence-electron chi connectivity index (χ3n) is 3.82. The van der Waals surface area contributed by atoms with Crippen molar-refractivity contribution in [1.29, 1.82) is 0 Å². The number of hydrogen-bond acceptors (Lipinski definition) is 1. The number of alkyl halides is 1. The molecule has 1 aromatic heterocycles. The Hall–Kier alpha value is -2.13. The fourth-order valence-corrected chi connectivity index (χ4v) is 3.06. The average molecular weight is 329 g/mol. The quantitative estimate of drug-likeness (QED) is 0.575. The highest BCUT2D eigenvalue weighted by atomic mass is 35.5. The largest absolute Gasteiger partial charge is 0.237 e. The standard InChI is InChI=1S/C19H18ClFN2/c1-13(2)19-17(12-20)18(14-8-10-15(21)11-9-14)22-23(19)16-6-4-3-5-7-16/h3-11,13H,12H2,1-2H3. The van der Waals surface area contributed by atoms with Gasteiger partial charge in [0.2, 0.25) is 0 Å². The van der Waals surface area contributed by atoms with Gasteiger partial charge in [-0.05, 0) is 42.3 Å². The Balaban J connectivity index is 2.23. The topological polar surface area (TPSA) is 17.8 Å². The Morgan fingerprint density at radius 3 is 2.26 bits per heavy atom. The lowest BCUT2D eigenvalue weighted by Gasteiger charge is -2.11. The average Bonchev–Trinajstić information content (AvgIpc) is 2.96. The lowest BCUT2D eigenvalue weighted by Crippen LogP contribution is -2.04. The van der Waals surface area contributed by atoms with Crippen LogP contribution in [-0.2, 0) is 5.88 Å². The first-order valence-electron chi connectivity index (χ1n) is 7.61. The molecule has 0 N–H and O–H groups in total. The van der Waals surface area contributed by atoms with Gasteiger partial charge in [-0.2, -0.15) is 5.10 Å². The number of hydrogen-bond donors (Lipinski definition) is 0. The summed E-state index contributed by atoms with van der Waals surface area (Å²) in [7, 11) is 0. The Morgan fingerprint density at radius 2 is 1.70 bits per heavy atom. The van der Waals surface area contributed by atoms with Crippen molar-refractivity contribution in [3.05, 3.63) is 71.7 Å². The predicted octanol–water partition coefficient (Wildman–Crippen LogP) is 5.54. The summed E-state index contributed by atoms with van der Waals surface area (Å²) >= 11 is 6.24. The van der Waals surface area contributed by atoms with Gasteiger partial charge in [0.15, 0.2) is 0 Å². The van der Waals surface area contributed by atoms with E-state index in [-0.39, 0.29) is 11.7 Å². The first-order valence-corrected chi connectivity index (χ1v) is 8.14. The van der Waals surface area contributed by atoms with Gasteiger partial charge in [0.1, 0.15) is 5.82 Å². The number of rotatable bonds is 4. The van der Waals surface area contributed by atoms with Gasteiger partial charge in [0, 0.05) is 11.1 Å². The molecule has 23 heavy (non-hydrogen) atoms. The molecule has 3 rings (SSSR count). The zero-order valence-electron chi connectivity index (χ0n) is 13.1. The molecule has 0 spiro atoms. The Bertz CT molecular complexity index is 792. The van der Waals surface area contributed by atoms with Gasteiger partial charge in [-0.25, -0.2) is 9.07 Å². The minimum absolute atomic E-state index is 0.257. The molecule has 0 aliphatic rings. The van der Waals surface area contributed by atoms with Crippen LogP contribution in [0.1, 0.15) is 31.0 Å². The summed E-state index contributed by atoms with van der Waals surface area (Å²) in [5, 5.41) is 4.78. The molecule has 0 saturated carbocycles. The molecule has 2 aromatic carbocycles. The van der Waals surface area contributed by atoms with E-state index in [4.69, 9.17) is 16.7 Å². The van der Waals surface area contributed by atoms with Crippen molar-refractivity contribution in [1.82, 2.24) is 9.78 Å². The molecule has 0 aliphatic heterocycles. The summed E-state index contributed by atoms with van der Waals surface area (Å²) in [6.45, 7) is 4.25. The van der Waals surface area contributed by atoms with Crippen molar-refractivity contribution in [3.8, 4) is 16.9 Å². The summed E-state index contributed by atoms with van der Waals surface area (Å²) in [5.41, 5.74) is 4.77. The van der Waals surface area contributed by atoms with Gasteiger partial charge in [-0.3, -0.25) is 0 Å². The number of nitrogens with zero attached hydrogens (tertiary/aromatic N) is 2. The molecule has 0 atom stereocenters. The molecule has 2 nitrogen and oxygen atoms in total. The highest BCUT2D eigenvalue weighted by molar-refractivity contribution is 6.17. The summed E-state index contributed by atoms with van der Waals surface area (Å²) in [4.78, 5) is 0. The van der Waals surface area contributed by atoms with Crippen LogP contribution in [0.3, 0.4) is 0 Å². The van der Waals surface area contributed by atoms with Crippen molar-refractivity contribution in [3.63, 3.8) is 0 Å². The zero-order chi connectivity index (χ0) is 16.4. The van der Waals surface area contributed by atoms with E-state index >= 15 is 0 Å². The second kappa shape index (κ2) is 6.55. The van der Waals surface area contributed by atoms with Gasteiger partial charge in [0.25, 0.3) is 0 Å². The Kier molecular flexibility index (Phi) is 4.49. The molecule has 118 valence electrons. The van der Waals surface area contributed by atoms with Crippen LogP contribution in [0, 0.1) is 5.82 Å². The molecular formula is C19H18ClFN2. The lowest BCUT2D eigenvalue weighted by atomic mass is 10.0. The second-order valence-corrected chi connectivity index (χ2v) is 6.02. The Labute approximate surface area is 140 Å². The van der Waals surface area contributed by atoms with Gasteiger partial charge in [-0.1, -0.05) is 32.0 Å². The minimum atomic E-state index is -0.257. The van der Waals surface area contributed by atoms with Crippen LogP contribution in [0.25, 0.3) is 16.9 Å². The lowest BCUT2D eigenvalue weighted by molar-refractivity contribution is 0.628. The maximum atomic E-state index is 13.2. The summed E-state index contributed by atoms with van der Waals surface area (Å²) in [6.07, 6.45) is 0. The summed E-state index contributed by atoms with van der Waals surface area (Å²) in [6, 6.07) is 16.4. The molecule has 0 unspecified atom stereocenters. The zero-order valence-corrected chi connectivity index (χ0v) is 13.9. The van der Waals surface area contributed by atoms with E-state index in [0.717, 1.165) is 28.2 Å². The summed E-state index contributed by atoms with van der Waals surface area (Å²) < 4.78 is 15.2. The number of halogens is 2. The first-order chi connectivity index (χ1) is 11.1. The van der Waals surface area contributed by atoms with Gasteiger partial charge in [0.05, 0.1) is 23.0 Å². The smallest absolute Gasteiger partial charge is 0.123 e. The van der Waals surface area contributed by atoms with E-state index in [0.29, 0.717) is 5.88 Å². The molecule has 1 heterocycles. The second-order valence-electron chi connectivity index (χ2n) is 5.75. The predicted molar refractivity (Wildman–Crippen MR) is 92.6 cm³/mol. The van der Waals surface area contributed by atoms with Crippen LogP contribution in [0.4, 0.5) is 4.39 Å². The van der Waals surface area contributed by atoms with Crippen molar-refractivity contribution in [2.75, 3.05) is 0 Å². The van der Waals surface area contributed by atoms with E-state index in [9.17, 15) is 4.39 Å². The normalized spacial score (nSPS) is 11.2. The fourth-order valence-electron chi connectivity index (χ4n) is 2.79. The van der Waals surface area contributed by atoms with Gasteiger partial charge < -0.3 is 0 Å². The van der Waals surface area contributed by atoms with Gasteiger partial charge >= 0.3 is 0 Å². The van der Waals surface area contributed by atoms with Crippen molar-refractivity contribution >= 4 is 11.6 Å². The number of benzene rings is 2. The van der Waals surface area contributed by atoms with Gasteiger partial charge in [-0.15, -0.1) is 11.6 Å². The first kappa shape index (κ1) is 15.8. The van der Waals surface area contributed by atoms with E-state index in [2.05, 4.69) is 13.8 Å². The number of para-hydroxylation sites is 1. The van der Waals surface area contributed by atoms with Crippen molar-refractivity contribution in [2.24, 2.45) is 0 Å². The third-order valence-corrected chi connectivity index (χ3v) is 4.09. The highest BCUT2D eigenvalue weighted by Gasteiger charge is 2.21. The molecule has 0 amide bonds. The molecule has 0 saturated heterocycles. The van der Waals surface area contributed by atoms with Crippen LogP contribution in [0.5, 0.6) is 0 Å². The Morgan fingerprint density at radius 1 is 1.04 bits per heavy atom. The molecule has 0 fully saturated rings. The van der Waals surface area contributed by atoms with Crippen LogP contribution < -0.4 is 0 Å². The van der Waals surface area contributed by atoms with Crippen molar-refractivity contribution in [2.45, 2.75) is 25.6 Å². The maximum Gasteiger partial charge on any atom is 0.123 e. The van der Waals surface area contributed by atoms with Crippen molar-refractivity contribution < 1.29 is 4.39 Å². The molecular weight excluding hydrogens is 311 g/mol. The van der Waals surface area contributed by atoms with Crippen LogP contribution in [0.15, 0.2) is 54.6 Å². The SMILES string of the molecule is CC(C)c1c(CCl)c(-c2ccc(F)cc2)nn1-c1ccccc1. The number of aromatic nitrogens is 2. The highest BCUT2D eigenvalue weighted by Crippen LogP contribution is 2.33. The molecule has 0 aliphatic carbocycles. The summed E-state index contributed by atoms with van der Waals surface area (Å²) in [5.74, 6) is 0.381. The van der Waals surface area contributed by atoms with E-state index in [1.807, 2.05) is 35.0 Å². The van der Waals surface area contributed by atoms with Crippen LogP contribution >= 0.6 is 11.6 Å². The fraction of sp³-hybridized carbons (Fsp3) is 0.211. The molecule has 4 heteroatoms. The third kappa shape index (κ3) is 3.02.